The Morgan fingerprint density at radius 2 is 2.10 bits per heavy atom. The summed E-state index contributed by atoms with van der Waals surface area (Å²) in [6, 6.07) is 10.0. The van der Waals surface area contributed by atoms with Crippen LogP contribution in [0.25, 0.3) is 0 Å². The second-order valence-corrected chi connectivity index (χ2v) is 6.78. The van der Waals surface area contributed by atoms with E-state index in [4.69, 9.17) is 24.4 Å². The average Bonchev–Trinajstić information content (AvgIpc) is 3.28. The van der Waals surface area contributed by atoms with E-state index in [1.807, 2.05) is 6.07 Å². The molecule has 0 fully saturated rings. The van der Waals surface area contributed by atoms with Crippen molar-refractivity contribution in [1.29, 1.82) is 5.26 Å². The summed E-state index contributed by atoms with van der Waals surface area (Å²) in [5.74, 6) is -0.977. The van der Waals surface area contributed by atoms with Crippen LogP contribution in [0.2, 0.25) is 0 Å². The van der Waals surface area contributed by atoms with Crippen molar-refractivity contribution in [1.82, 2.24) is 0 Å². The number of rotatable bonds is 4. The molecule has 8 heteroatoms. The van der Waals surface area contributed by atoms with E-state index in [1.165, 1.54) is 19.4 Å². The normalized spacial score (nSPS) is 18.4. The van der Waals surface area contributed by atoms with Gasteiger partial charge in [0.15, 0.2) is 17.3 Å². The first kappa shape index (κ1) is 19.3. The van der Waals surface area contributed by atoms with Gasteiger partial charge in [-0.2, -0.15) is 5.26 Å². The standard InChI is InChI=1S/C22H18N2O6/c1-27-16-8-2-5-12(20(16)30-22(26)17-9-4-10-28-17)18-13(11-23)21(24)29-15-7-3-6-14(25)19(15)18/h2,4-5,8-10,18H,3,6-7,24H2,1H3/t18-/m1/s1. The zero-order valence-electron chi connectivity index (χ0n) is 16.1. The van der Waals surface area contributed by atoms with Crippen LogP contribution < -0.4 is 15.2 Å². The van der Waals surface area contributed by atoms with E-state index in [1.54, 1.807) is 24.3 Å². The molecule has 1 atom stereocenters. The summed E-state index contributed by atoms with van der Waals surface area (Å²) in [6.45, 7) is 0. The third kappa shape index (κ3) is 3.20. The summed E-state index contributed by atoms with van der Waals surface area (Å²) < 4.78 is 21.7. The van der Waals surface area contributed by atoms with E-state index < -0.39 is 11.9 Å². The molecule has 0 unspecified atom stereocenters. The van der Waals surface area contributed by atoms with E-state index in [9.17, 15) is 14.9 Å². The Kier molecular flexibility index (Phi) is 5.02. The minimum atomic E-state index is -0.832. The molecule has 152 valence electrons. The largest absolute Gasteiger partial charge is 0.493 e. The van der Waals surface area contributed by atoms with Gasteiger partial charge < -0.3 is 24.4 Å². The first-order chi connectivity index (χ1) is 14.5. The minimum absolute atomic E-state index is 0.00282. The van der Waals surface area contributed by atoms with Crippen LogP contribution in [0.15, 0.2) is 63.8 Å². The maximum atomic E-state index is 12.8. The summed E-state index contributed by atoms with van der Waals surface area (Å²) in [6.07, 6.45) is 2.86. The molecule has 0 radical (unpaired) electrons. The van der Waals surface area contributed by atoms with Gasteiger partial charge in [0.1, 0.15) is 17.4 Å². The molecule has 1 aliphatic carbocycles. The monoisotopic (exact) mass is 406 g/mol. The molecule has 1 aromatic carbocycles. The van der Waals surface area contributed by atoms with Gasteiger partial charge in [0.25, 0.3) is 0 Å². The van der Waals surface area contributed by atoms with Crippen LogP contribution in [-0.2, 0) is 9.53 Å². The van der Waals surface area contributed by atoms with E-state index >= 15 is 0 Å². The number of nitriles is 1. The van der Waals surface area contributed by atoms with Crippen molar-refractivity contribution in [2.75, 3.05) is 7.11 Å². The number of esters is 1. The third-order valence-corrected chi connectivity index (χ3v) is 5.06. The Balaban J connectivity index is 1.88. The number of allylic oxidation sites excluding steroid dienone is 3. The quantitative estimate of drug-likeness (QED) is 0.605. The van der Waals surface area contributed by atoms with E-state index in [2.05, 4.69) is 0 Å². The van der Waals surface area contributed by atoms with Crippen LogP contribution in [0.1, 0.15) is 41.3 Å². The molecule has 4 rings (SSSR count). The fourth-order valence-corrected chi connectivity index (χ4v) is 3.74. The van der Waals surface area contributed by atoms with Gasteiger partial charge in [-0.3, -0.25) is 4.79 Å². The molecule has 8 nitrogen and oxygen atoms in total. The highest BCUT2D eigenvalue weighted by Gasteiger charge is 2.40. The van der Waals surface area contributed by atoms with Gasteiger partial charge in [0, 0.05) is 24.0 Å². The number of carbonyl (C=O) groups excluding carboxylic acids is 2. The van der Waals surface area contributed by atoms with Crippen molar-refractivity contribution in [2.24, 2.45) is 5.73 Å². The maximum Gasteiger partial charge on any atom is 0.379 e. The number of carbonyl (C=O) groups is 2. The first-order valence-electron chi connectivity index (χ1n) is 9.31. The van der Waals surface area contributed by atoms with E-state index in [0.717, 1.165) is 0 Å². The Bertz CT molecular complexity index is 1120. The molecule has 0 saturated carbocycles. The molecule has 2 N–H and O–H groups in total. The van der Waals surface area contributed by atoms with Crippen molar-refractivity contribution >= 4 is 11.8 Å². The van der Waals surface area contributed by atoms with Gasteiger partial charge in [-0.1, -0.05) is 12.1 Å². The zero-order valence-corrected chi connectivity index (χ0v) is 16.1. The fraction of sp³-hybridized carbons (Fsp3) is 0.227. The fourth-order valence-electron chi connectivity index (χ4n) is 3.74. The molecule has 0 bridgehead atoms. The lowest BCUT2D eigenvalue weighted by molar-refractivity contribution is -0.116. The molecule has 0 spiro atoms. The third-order valence-electron chi connectivity index (χ3n) is 5.06. The zero-order chi connectivity index (χ0) is 21.3. The van der Waals surface area contributed by atoms with Gasteiger partial charge in [-0.15, -0.1) is 0 Å². The predicted octanol–water partition coefficient (Wildman–Crippen LogP) is 3.32. The Morgan fingerprint density at radius 3 is 2.80 bits per heavy atom. The second kappa shape index (κ2) is 7.79. The number of benzene rings is 1. The van der Waals surface area contributed by atoms with Gasteiger partial charge in [0.2, 0.25) is 11.6 Å². The van der Waals surface area contributed by atoms with Crippen LogP contribution in [0.5, 0.6) is 11.5 Å². The number of para-hydroxylation sites is 1. The van der Waals surface area contributed by atoms with Crippen molar-refractivity contribution in [3.63, 3.8) is 0 Å². The number of ether oxygens (including phenoxy) is 3. The molecule has 0 saturated heterocycles. The Labute approximate surface area is 172 Å². The van der Waals surface area contributed by atoms with Crippen LogP contribution in [0.4, 0.5) is 0 Å². The highest BCUT2D eigenvalue weighted by atomic mass is 16.6. The number of ketones is 1. The maximum absolute atomic E-state index is 12.8. The Hall–Kier alpha value is -3.99. The van der Waals surface area contributed by atoms with Crippen molar-refractivity contribution in [3.05, 3.63) is 70.7 Å². The number of hydrogen-bond donors (Lipinski definition) is 1. The minimum Gasteiger partial charge on any atom is -0.493 e. The van der Waals surface area contributed by atoms with Gasteiger partial charge >= 0.3 is 5.97 Å². The molecule has 1 aliphatic heterocycles. The van der Waals surface area contributed by atoms with Crippen LogP contribution in [-0.4, -0.2) is 18.9 Å². The van der Waals surface area contributed by atoms with Crippen molar-refractivity contribution < 1.29 is 28.2 Å². The van der Waals surface area contributed by atoms with Crippen molar-refractivity contribution in [2.45, 2.75) is 25.2 Å². The number of nitrogens with zero attached hydrogens (tertiary/aromatic N) is 1. The number of hydrogen-bond acceptors (Lipinski definition) is 8. The molecule has 30 heavy (non-hydrogen) atoms. The average molecular weight is 406 g/mol. The number of methoxy groups -OCH3 is 1. The lowest BCUT2D eigenvalue weighted by Gasteiger charge is -2.31. The van der Waals surface area contributed by atoms with E-state index in [0.29, 0.717) is 36.2 Å². The smallest absolute Gasteiger partial charge is 0.379 e. The molecule has 1 aromatic heterocycles. The Morgan fingerprint density at radius 1 is 1.27 bits per heavy atom. The predicted molar refractivity (Wildman–Crippen MR) is 103 cm³/mol. The SMILES string of the molecule is COc1cccc([C@@H]2C(C#N)=C(N)OC3=C2C(=O)CCC3)c1OC(=O)c1ccco1. The first-order valence-corrected chi connectivity index (χ1v) is 9.31. The van der Waals surface area contributed by atoms with Crippen molar-refractivity contribution in [3.8, 4) is 17.6 Å². The summed E-state index contributed by atoms with van der Waals surface area (Å²) in [7, 11) is 1.43. The summed E-state index contributed by atoms with van der Waals surface area (Å²) in [5, 5.41) is 9.76. The number of Topliss-reactive ketones (excluding diaryl/α,β-unsaturated/α-hetero) is 1. The van der Waals surface area contributed by atoms with Crippen LogP contribution in [0.3, 0.4) is 0 Å². The highest BCUT2D eigenvalue weighted by molar-refractivity contribution is 5.99. The molecule has 2 aliphatic rings. The summed E-state index contributed by atoms with van der Waals surface area (Å²) >= 11 is 0. The molecular weight excluding hydrogens is 388 g/mol. The number of furan rings is 1. The summed E-state index contributed by atoms with van der Waals surface area (Å²) in [4.78, 5) is 25.4. The van der Waals surface area contributed by atoms with Gasteiger partial charge in [-0.25, -0.2) is 4.79 Å². The molecule has 2 heterocycles. The number of nitrogens with two attached hydrogens (primary N) is 1. The molecule has 2 aromatic rings. The van der Waals surface area contributed by atoms with E-state index in [-0.39, 0.29) is 34.5 Å². The van der Waals surface area contributed by atoms with Gasteiger partial charge in [-0.05, 0) is 24.6 Å². The molecule has 0 amide bonds. The molecular formula is C22H18N2O6. The highest BCUT2D eigenvalue weighted by Crippen LogP contribution is 2.48. The second-order valence-electron chi connectivity index (χ2n) is 6.78. The van der Waals surface area contributed by atoms with Crippen LogP contribution >= 0.6 is 0 Å². The van der Waals surface area contributed by atoms with Crippen LogP contribution in [0, 0.1) is 11.3 Å². The van der Waals surface area contributed by atoms with Gasteiger partial charge in [0.05, 0.1) is 19.3 Å². The summed E-state index contributed by atoms with van der Waals surface area (Å²) in [5.41, 5.74) is 6.84. The lowest BCUT2D eigenvalue weighted by Crippen LogP contribution is -2.28. The lowest BCUT2D eigenvalue weighted by atomic mass is 9.77. The topological polar surface area (TPSA) is 125 Å².